The molecule has 0 saturated heterocycles. The predicted octanol–water partition coefficient (Wildman–Crippen LogP) is 4.34. The highest BCUT2D eigenvalue weighted by Gasteiger charge is 2.16. The smallest absolute Gasteiger partial charge is 0.267 e. The van der Waals surface area contributed by atoms with E-state index >= 15 is 0 Å². The van der Waals surface area contributed by atoms with Gasteiger partial charge in [0.1, 0.15) is 22.2 Å². The molecule has 1 aromatic heterocycles. The van der Waals surface area contributed by atoms with E-state index in [0.717, 1.165) is 0 Å². The number of aromatic nitrogens is 1. The average molecular weight is 416 g/mol. The van der Waals surface area contributed by atoms with E-state index in [2.05, 4.69) is 10.3 Å². The summed E-state index contributed by atoms with van der Waals surface area (Å²) in [5.41, 5.74) is 7.64. The number of benzene rings is 2. The van der Waals surface area contributed by atoms with Gasteiger partial charge in [-0.25, -0.2) is 4.98 Å². The van der Waals surface area contributed by atoms with Gasteiger partial charge in [0, 0.05) is 16.3 Å². The minimum Gasteiger partial charge on any atom is -0.486 e. The molecule has 28 heavy (non-hydrogen) atoms. The van der Waals surface area contributed by atoms with Crippen LogP contribution >= 0.6 is 22.9 Å². The second kappa shape index (κ2) is 8.41. The number of aryl methyl sites for hydroxylation is 2. The number of nitrogens with one attached hydrogen (secondary N) is 1. The maximum absolute atomic E-state index is 12.6. The fourth-order valence-corrected chi connectivity index (χ4v) is 3.61. The lowest BCUT2D eigenvalue weighted by Gasteiger charge is -2.07. The fraction of sp³-hybridized carbons (Fsp3) is 0.150. The van der Waals surface area contributed by atoms with Crippen LogP contribution < -0.4 is 15.8 Å². The van der Waals surface area contributed by atoms with Crippen LogP contribution in [0.15, 0.2) is 42.5 Å². The molecule has 0 radical (unpaired) electrons. The van der Waals surface area contributed by atoms with Crippen LogP contribution in [0.25, 0.3) is 0 Å². The van der Waals surface area contributed by atoms with Gasteiger partial charge < -0.3 is 15.8 Å². The summed E-state index contributed by atoms with van der Waals surface area (Å²) in [6.07, 6.45) is 0. The van der Waals surface area contributed by atoms with Gasteiger partial charge in [-0.05, 0) is 61.9 Å². The van der Waals surface area contributed by atoms with Gasteiger partial charge >= 0.3 is 0 Å². The molecule has 0 aliphatic heterocycles. The van der Waals surface area contributed by atoms with Crippen molar-refractivity contribution < 1.29 is 14.3 Å². The number of carbonyl (C=O) groups excluding carboxylic acids is 2. The number of rotatable bonds is 6. The third-order valence-corrected chi connectivity index (χ3v) is 5.35. The molecule has 0 unspecified atom stereocenters. The Hall–Kier alpha value is -2.90. The number of primary amides is 1. The third-order valence-electron chi connectivity index (χ3n) is 3.97. The van der Waals surface area contributed by atoms with Gasteiger partial charge in [-0.1, -0.05) is 11.6 Å². The highest BCUT2D eigenvalue weighted by atomic mass is 35.5. The van der Waals surface area contributed by atoms with Crippen molar-refractivity contribution in [2.24, 2.45) is 5.73 Å². The third kappa shape index (κ3) is 4.68. The first-order valence-electron chi connectivity index (χ1n) is 8.40. The number of hydrogen-bond donors (Lipinski definition) is 2. The first-order valence-corrected chi connectivity index (χ1v) is 9.59. The summed E-state index contributed by atoms with van der Waals surface area (Å²) in [6, 6.07) is 12.0. The zero-order chi connectivity index (χ0) is 20.3. The van der Waals surface area contributed by atoms with Crippen LogP contribution in [-0.2, 0) is 6.61 Å². The van der Waals surface area contributed by atoms with E-state index in [9.17, 15) is 9.59 Å². The highest BCUT2D eigenvalue weighted by Crippen LogP contribution is 2.23. The number of hydrogen-bond acceptors (Lipinski definition) is 5. The predicted molar refractivity (Wildman–Crippen MR) is 110 cm³/mol. The van der Waals surface area contributed by atoms with E-state index in [-0.39, 0.29) is 12.5 Å². The van der Waals surface area contributed by atoms with Crippen molar-refractivity contribution in [2.75, 3.05) is 5.32 Å². The van der Waals surface area contributed by atoms with E-state index < -0.39 is 5.91 Å². The molecule has 0 spiro atoms. The molecule has 0 saturated carbocycles. The van der Waals surface area contributed by atoms with Gasteiger partial charge in [0.15, 0.2) is 0 Å². The van der Waals surface area contributed by atoms with Crippen LogP contribution in [0, 0.1) is 13.8 Å². The van der Waals surface area contributed by atoms with Crippen LogP contribution in [0.3, 0.4) is 0 Å². The zero-order valence-electron chi connectivity index (χ0n) is 15.3. The molecule has 0 aliphatic carbocycles. The second-order valence-electron chi connectivity index (χ2n) is 6.11. The van der Waals surface area contributed by atoms with Crippen molar-refractivity contribution in [3.8, 4) is 5.75 Å². The Bertz CT molecular complexity index is 1030. The molecule has 0 bridgehead atoms. The number of carbonyl (C=O) groups is 2. The largest absolute Gasteiger partial charge is 0.486 e. The first kappa shape index (κ1) is 19.9. The Balaban J connectivity index is 1.68. The molecule has 2 amide bonds. The van der Waals surface area contributed by atoms with E-state index in [1.165, 1.54) is 11.3 Å². The molecule has 8 heteroatoms. The van der Waals surface area contributed by atoms with Gasteiger partial charge in [0.2, 0.25) is 5.91 Å². The monoisotopic (exact) mass is 415 g/mol. The van der Waals surface area contributed by atoms with Crippen molar-refractivity contribution in [1.29, 1.82) is 0 Å². The Morgan fingerprint density at radius 2 is 1.89 bits per heavy atom. The van der Waals surface area contributed by atoms with E-state index in [1.54, 1.807) is 56.3 Å². The van der Waals surface area contributed by atoms with Gasteiger partial charge in [0.25, 0.3) is 5.91 Å². The molecule has 3 rings (SSSR count). The minimum absolute atomic E-state index is 0.257. The highest BCUT2D eigenvalue weighted by molar-refractivity contribution is 7.13. The zero-order valence-corrected chi connectivity index (χ0v) is 16.9. The first-order chi connectivity index (χ1) is 13.3. The maximum atomic E-state index is 12.6. The van der Waals surface area contributed by atoms with Crippen molar-refractivity contribution >= 4 is 40.4 Å². The molecule has 0 fully saturated rings. The summed E-state index contributed by atoms with van der Waals surface area (Å²) in [7, 11) is 0. The molecule has 144 valence electrons. The van der Waals surface area contributed by atoms with Gasteiger partial charge in [-0.15, -0.1) is 11.3 Å². The van der Waals surface area contributed by atoms with Crippen LogP contribution in [-0.4, -0.2) is 16.8 Å². The van der Waals surface area contributed by atoms with Crippen LogP contribution in [0.1, 0.15) is 36.3 Å². The number of nitrogens with zero attached hydrogens (tertiary/aromatic N) is 1. The quantitative estimate of drug-likeness (QED) is 0.626. The average Bonchev–Trinajstić information content (AvgIpc) is 3.02. The summed E-state index contributed by atoms with van der Waals surface area (Å²) < 4.78 is 5.68. The molecule has 0 atom stereocenters. The van der Waals surface area contributed by atoms with Gasteiger partial charge in [0.05, 0.1) is 5.69 Å². The Morgan fingerprint density at radius 1 is 1.18 bits per heavy atom. The van der Waals surface area contributed by atoms with Gasteiger partial charge in [-0.3, -0.25) is 9.59 Å². The standard InChI is InChI=1S/C20H18ClN3O3S/c1-11-9-14(5-8-16(11)19(22)25)24-20(26)18-12(2)23-17(28-18)10-27-15-6-3-13(21)4-7-15/h3-9H,10H2,1-2H3,(H2,22,25)(H,24,26). The molecular weight excluding hydrogens is 398 g/mol. The number of halogens is 1. The van der Waals surface area contributed by atoms with Crippen LogP contribution in [0.2, 0.25) is 5.02 Å². The lowest BCUT2D eigenvalue weighted by molar-refractivity contribution is 0.0998. The van der Waals surface area contributed by atoms with Crippen molar-refractivity contribution in [3.05, 3.63) is 74.2 Å². The summed E-state index contributed by atoms with van der Waals surface area (Å²) in [5.74, 6) is -0.0914. The molecular formula is C20H18ClN3O3S. The molecule has 1 heterocycles. The fourth-order valence-electron chi connectivity index (χ4n) is 2.61. The van der Waals surface area contributed by atoms with Crippen molar-refractivity contribution in [3.63, 3.8) is 0 Å². The Morgan fingerprint density at radius 3 is 2.54 bits per heavy atom. The Labute approximate surface area is 171 Å². The minimum atomic E-state index is -0.501. The van der Waals surface area contributed by atoms with Crippen LogP contribution in [0.5, 0.6) is 5.75 Å². The molecule has 3 N–H and O–H groups in total. The second-order valence-corrected chi connectivity index (χ2v) is 7.63. The van der Waals surface area contributed by atoms with Crippen molar-refractivity contribution in [1.82, 2.24) is 4.98 Å². The lowest BCUT2D eigenvalue weighted by Crippen LogP contribution is -2.14. The summed E-state index contributed by atoms with van der Waals surface area (Å²) in [6.45, 7) is 3.80. The number of anilines is 1. The molecule has 2 aromatic carbocycles. The molecule has 0 aliphatic rings. The number of thiazole rings is 1. The number of amides is 2. The van der Waals surface area contributed by atoms with E-state index in [0.29, 0.717) is 43.2 Å². The summed E-state index contributed by atoms with van der Waals surface area (Å²) >= 11 is 7.13. The lowest BCUT2D eigenvalue weighted by atomic mass is 10.1. The van der Waals surface area contributed by atoms with E-state index in [1.807, 2.05) is 0 Å². The molecule has 6 nitrogen and oxygen atoms in total. The molecule has 3 aromatic rings. The van der Waals surface area contributed by atoms with Crippen molar-refractivity contribution in [2.45, 2.75) is 20.5 Å². The topological polar surface area (TPSA) is 94.3 Å². The normalized spacial score (nSPS) is 10.5. The van der Waals surface area contributed by atoms with E-state index in [4.69, 9.17) is 22.1 Å². The SMILES string of the molecule is Cc1cc(NC(=O)c2sc(COc3ccc(Cl)cc3)nc2C)ccc1C(N)=O. The van der Waals surface area contributed by atoms with Gasteiger partial charge in [-0.2, -0.15) is 0 Å². The summed E-state index contributed by atoms with van der Waals surface area (Å²) in [5, 5.41) is 4.15. The number of nitrogens with two attached hydrogens (primary N) is 1. The Kier molecular flexibility index (Phi) is 5.96. The summed E-state index contributed by atoms with van der Waals surface area (Å²) in [4.78, 5) is 28.8. The number of ether oxygens (including phenoxy) is 1. The van der Waals surface area contributed by atoms with Crippen LogP contribution in [0.4, 0.5) is 5.69 Å². The maximum Gasteiger partial charge on any atom is 0.267 e.